The van der Waals surface area contributed by atoms with E-state index < -0.39 is 40.6 Å². The van der Waals surface area contributed by atoms with E-state index in [-0.39, 0.29) is 10.6 Å². The number of hydrogen-bond donors (Lipinski definition) is 1. The molecular formula is C29H21F3N2O4S2. The van der Waals surface area contributed by atoms with E-state index in [4.69, 9.17) is 4.74 Å². The number of halogens is 3. The number of hydrogen-bond acceptors (Lipinski definition) is 6. The number of aromatic nitrogens is 1. The molecule has 1 fully saturated rings. The molecule has 2 amide bonds. The number of carbonyl (C=O) groups excluding carboxylic acids is 2. The maximum atomic E-state index is 13.8. The van der Waals surface area contributed by atoms with Gasteiger partial charge in [0.15, 0.2) is 0 Å². The molecule has 2 aliphatic heterocycles. The van der Waals surface area contributed by atoms with Crippen LogP contribution < -0.4 is 14.5 Å². The highest BCUT2D eigenvalue weighted by Gasteiger charge is 2.56. The molecule has 2 aliphatic rings. The summed E-state index contributed by atoms with van der Waals surface area (Å²) in [5.74, 6) is -2.14. The summed E-state index contributed by atoms with van der Waals surface area (Å²) >= 11 is 2.04. The van der Waals surface area contributed by atoms with Crippen molar-refractivity contribution in [3.63, 3.8) is 0 Å². The van der Waals surface area contributed by atoms with Crippen LogP contribution in [0.2, 0.25) is 0 Å². The molecule has 6 rings (SSSR count). The van der Waals surface area contributed by atoms with Gasteiger partial charge >= 0.3 is 11.0 Å². The normalized spacial score (nSPS) is 20.4. The predicted octanol–water partition coefficient (Wildman–Crippen LogP) is 6.14. The SMILES string of the molecule is Cc1cccc(COc2ccc([C@H]3c4sc(=O)[nH]c4SC4C(=O)N(c5cccc(C(F)(F)F)c5)C(=O)C43)cc2)c1. The minimum absolute atomic E-state index is 0.129. The molecular weight excluding hydrogens is 561 g/mol. The van der Waals surface area contributed by atoms with Crippen molar-refractivity contribution in [3.05, 3.63) is 110 Å². The first-order valence-corrected chi connectivity index (χ1v) is 14.0. The van der Waals surface area contributed by atoms with E-state index in [1.54, 1.807) is 24.3 Å². The van der Waals surface area contributed by atoms with Crippen LogP contribution in [0.3, 0.4) is 0 Å². The molecule has 0 saturated carbocycles. The molecule has 2 unspecified atom stereocenters. The second-order valence-electron chi connectivity index (χ2n) is 9.66. The molecule has 204 valence electrons. The third-order valence-electron chi connectivity index (χ3n) is 6.98. The van der Waals surface area contributed by atoms with Crippen LogP contribution in [-0.4, -0.2) is 22.0 Å². The van der Waals surface area contributed by atoms with Gasteiger partial charge in [-0.3, -0.25) is 14.4 Å². The summed E-state index contributed by atoms with van der Waals surface area (Å²) < 4.78 is 46.0. The highest BCUT2D eigenvalue weighted by atomic mass is 32.2. The van der Waals surface area contributed by atoms with E-state index in [1.165, 1.54) is 12.1 Å². The van der Waals surface area contributed by atoms with E-state index in [2.05, 4.69) is 4.98 Å². The van der Waals surface area contributed by atoms with Crippen LogP contribution in [-0.2, 0) is 22.4 Å². The Bertz CT molecular complexity index is 1680. The molecule has 0 bridgehead atoms. The van der Waals surface area contributed by atoms with E-state index in [9.17, 15) is 27.6 Å². The van der Waals surface area contributed by atoms with Gasteiger partial charge in [-0.25, -0.2) is 4.90 Å². The van der Waals surface area contributed by atoms with Crippen molar-refractivity contribution in [1.82, 2.24) is 4.98 Å². The van der Waals surface area contributed by atoms with Gasteiger partial charge in [-0.05, 0) is 48.4 Å². The number of ether oxygens (including phenoxy) is 1. The smallest absolute Gasteiger partial charge is 0.416 e. The highest BCUT2D eigenvalue weighted by molar-refractivity contribution is 8.00. The number of rotatable bonds is 5. The first-order valence-electron chi connectivity index (χ1n) is 12.3. The molecule has 11 heteroatoms. The minimum atomic E-state index is -4.63. The highest BCUT2D eigenvalue weighted by Crippen LogP contribution is 2.53. The van der Waals surface area contributed by atoms with Crippen molar-refractivity contribution < 1.29 is 27.5 Å². The summed E-state index contributed by atoms with van der Waals surface area (Å²) in [5, 5.41) is -0.407. The van der Waals surface area contributed by atoms with Crippen molar-refractivity contribution in [2.75, 3.05) is 4.90 Å². The van der Waals surface area contributed by atoms with Crippen molar-refractivity contribution >= 4 is 40.6 Å². The van der Waals surface area contributed by atoms with E-state index in [0.29, 0.717) is 27.8 Å². The van der Waals surface area contributed by atoms with Crippen LogP contribution in [0.1, 0.15) is 33.0 Å². The van der Waals surface area contributed by atoms with Gasteiger partial charge in [0.05, 0.1) is 22.2 Å². The summed E-state index contributed by atoms with van der Waals surface area (Å²) in [6.07, 6.45) is -4.63. The minimum Gasteiger partial charge on any atom is -0.489 e. The van der Waals surface area contributed by atoms with Gasteiger partial charge in [-0.1, -0.05) is 71.1 Å². The maximum absolute atomic E-state index is 13.8. The first-order chi connectivity index (χ1) is 19.1. The van der Waals surface area contributed by atoms with Crippen LogP contribution in [0.5, 0.6) is 5.75 Å². The molecule has 4 aromatic rings. The fourth-order valence-electron chi connectivity index (χ4n) is 5.19. The lowest BCUT2D eigenvalue weighted by Crippen LogP contribution is -2.32. The number of thiazole rings is 1. The number of aromatic amines is 1. The van der Waals surface area contributed by atoms with Gasteiger partial charge in [0.25, 0.3) is 0 Å². The molecule has 1 saturated heterocycles. The molecule has 0 radical (unpaired) electrons. The molecule has 0 aliphatic carbocycles. The number of imide groups is 1. The second kappa shape index (κ2) is 9.97. The zero-order chi connectivity index (χ0) is 28.2. The molecule has 1 aromatic heterocycles. The number of benzene rings is 3. The lowest BCUT2D eigenvalue weighted by Gasteiger charge is -2.29. The Morgan fingerprint density at radius 2 is 1.70 bits per heavy atom. The van der Waals surface area contributed by atoms with Crippen LogP contribution in [0, 0.1) is 12.8 Å². The zero-order valence-electron chi connectivity index (χ0n) is 20.9. The van der Waals surface area contributed by atoms with Gasteiger partial charge in [0, 0.05) is 10.8 Å². The molecule has 3 heterocycles. The lowest BCUT2D eigenvalue weighted by atomic mass is 9.83. The summed E-state index contributed by atoms with van der Waals surface area (Å²) in [5.41, 5.74) is 1.76. The Morgan fingerprint density at radius 3 is 2.42 bits per heavy atom. The molecule has 0 spiro atoms. The number of alkyl halides is 3. The number of nitrogens with zero attached hydrogens (tertiary/aromatic N) is 1. The van der Waals surface area contributed by atoms with Crippen LogP contribution in [0.25, 0.3) is 0 Å². The van der Waals surface area contributed by atoms with Gasteiger partial charge in [0.1, 0.15) is 17.6 Å². The van der Waals surface area contributed by atoms with Crippen molar-refractivity contribution in [2.24, 2.45) is 5.92 Å². The molecule has 3 atom stereocenters. The van der Waals surface area contributed by atoms with Gasteiger partial charge in [-0.15, -0.1) is 0 Å². The maximum Gasteiger partial charge on any atom is 0.416 e. The summed E-state index contributed by atoms with van der Waals surface area (Å²) in [7, 11) is 0. The number of nitrogens with one attached hydrogen (secondary N) is 1. The standard InChI is InChI=1S/C29H21F3N2O4S2/c1-15-4-2-5-16(12-15)14-38-20-10-8-17(9-11-20)21-22-24(39-25-23(21)40-28(37)33-25)27(36)34(26(22)35)19-7-3-6-18(13-19)29(30,31)32/h2-13,21-22,24H,14H2,1H3,(H,33,37)/t21-,22?,24?/m1/s1. The largest absolute Gasteiger partial charge is 0.489 e. The van der Waals surface area contributed by atoms with Crippen molar-refractivity contribution in [3.8, 4) is 5.75 Å². The molecule has 3 aromatic carbocycles. The molecule has 40 heavy (non-hydrogen) atoms. The third-order valence-corrected chi connectivity index (χ3v) is 9.38. The van der Waals surface area contributed by atoms with Gasteiger partial charge in [0.2, 0.25) is 11.8 Å². The third kappa shape index (κ3) is 4.73. The topological polar surface area (TPSA) is 79.5 Å². The van der Waals surface area contributed by atoms with Crippen LogP contribution in [0.4, 0.5) is 18.9 Å². The van der Waals surface area contributed by atoms with Crippen LogP contribution in [0.15, 0.2) is 82.6 Å². The Hall–Kier alpha value is -3.83. The van der Waals surface area contributed by atoms with Gasteiger partial charge in [-0.2, -0.15) is 13.2 Å². The Balaban J connectivity index is 1.33. The number of amides is 2. The lowest BCUT2D eigenvalue weighted by molar-refractivity contribution is -0.137. The summed E-state index contributed by atoms with van der Waals surface area (Å²) in [6, 6.07) is 19.3. The first kappa shape index (κ1) is 26.4. The van der Waals surface area contributed by atoms with Crippen molar-refractivity contribution in [2.45, 2.75) is 35.9 Å². The Morgan fingerprint density at radius 1 is 0.950 bits per heavy atom. The second-order valence-corrected chi connectivity index (χ2v) is 11.8. The Kier molecular flexibility index (Phi) is 6.58. The monoisotopic (exact) mass is 582 g/mol. The fourth-order valence-corrected chi connectivity index (χ4v) is 7.71. The van der Waals surface area contributed by atoms with Crippen molar-refractivity contribution in [1.29, 1.82) is 0 Å². The quantitative estimate of drug-likeness (QED) is 0.286. The number of H-pyrrole nitrogens is 1. The number of aryl methyl sites for hydroxylation is 1. The fraction of sp³-hybridized carbons (Fsp3) is 0.207. The average Bonchev–Trinajstić information content (AvgIpc) is 3.41. The number of thioether (sulfide) groups is 1. The van der Waals surface area contributed by atoms with Crippen LogP contribution >= 0.6 is 23.1 Å². The average molecular weight is 583 g/mol. The zero-order valence-corrected chi connectivity index (χ0v) is 22.5. The van der Waals surface area contributed by atoms with E-state index >= 15 is 0 Å². The summed E-state index contributed by atoms with van der Waals surface area (Å²) in [6.45, 7) is 2.37. The molecule has 6 nitrogen and oxygen atoms in total. The van der Waals surface area contributed by atoms with E-state index in [1.807, 2.05) is 31.2 Å². The number of fused-ring (bicyclic) bond motifs is 2. The number of carbonyl (C=O) groups is 2. The number of anilines is 1. The van der Waals surface area contributed by atoms with Gasteiger partial charge < -0.3 is 9.72 Å². The summed E-state index contributed by atoms with van der Waals surface area (Å²) in [4.78, 5) is 43.5. The predicted molar refractivity (Wildman–Crippen MR) is 146 cm³/mol. The Labute approximate surface area is 234 Å². The van der Waals surface area contributed by atoms with E-state index in [0.717, 1.165) is 51.3 Å². The molecule has 1 N–H and O–H groups in total.